The van der Waals surface area contributed by atoms with Crippen LogP contribution in [-0.2, 0) is 0 Å². The molecule has 1 saturated carbocycles. The average molecular weight is 279 g/mol. The molecule has 0 saturated heterocycles. The van der Waals surface area contributed by atoms with Crippen LogP contribution in [0.2, 0.25) is 0 Å². The van der Waals surface area contributed by atoms with E-state index in [9.17, 15) is 19.1 Å². The number of nitriles is 1. The first-order chi connectivity index (χ1) is 9.54. The van der Waals surface area contributed by atoms with Crippen molar-refractivity contribution >= 4 is 0 Å². The summed E-state index contributed by atoms with van der Waals surface area (Å²) in [6.07, 6.45) is 2.22. The second-order valence-corrected chi connectivity index (χ2v) is 5.66. The monoisotopic (exact) mass is 279 g/mol. The van der Waals surface area contributed by atoms with Gasteiger partial charge in [-0.2, -0.15) is 5.26 Å². The van der Waals surface area contributed by atoms with Crippen LogP contribution in [-0.4, -0.2) is 5.11 Å². The summed E-state index contributed by atoms with van der Waals surface area (Å²) in [5.74, 6) is -1.04. The highest BCUT2D eigenvalue weighted by atomic mass is 19.1. The minimum absolute atomic E-state index is 0.371. The molecular weight excluding hydrogens is 260 g/mol. The third-order valence-corrected chi connectivity index (χ3v) is 4.59. The Labute approximate surface area is 118 Å². The van der Waals surface area contributed by atoms with Crippen molar-refractivity contribution in [3.05, 3.63) is 35.4 Å². The normalized spacial score (nSPS) is 27.9. The van der Waals surface area contributed by atoms with Crippen molar-refractivity contribution in [2.75, 3.05) is 0 Å². The molecule has 1 aromatic carbocycles. The molecule has 1 fully saturated rings. The third kappa shape index (κ3) is 2.55. The molecule has 20 heavy (non-hydrogen) atoms. The Morgan fingerprint density at radius 2 is 1.90 bits per heavy atom. The van der Waals surface area contributed by atoms with Gasteiger partial charge in [0, 0.05) is 0 Å². The van der Waals surface area contributed by atoms with Crippen LogP contribution in [0.15, 0.2) is 18.2 Å². The highest BCUT2D eigenvalue weighted by molar-refractivity contribution is 5.26. The SMILES string of the molecule is CCC1CCC(C#N)(C(O)c2c(F)cccc2F)CC1. The van der Waals surface area contributed by atoms with Crippen molar-refractivity contribution in [1.82, 2.24) is 0 Å². The predicted octanol–water partition coefficient (Wildman–Crippen LogP) is 4.11. The Balaban J connectivity index is 2.31. The van der Waals surface area contributed by atoms with E-state index in [1.165, 1.54) is 6.07 Å². The highest BCUT2D eigenvalue weighted by Crippen LogP contribution is 2.48. The molecule has 0 heterocycles. The predicted molar refractivity (Wildman–Crippen MR) is 71.6 cm³/mol. The first-order valence-electron chi connectivity index (χ1n) is 7.07. The maximum Gasteiger partial charge on any atom is 0.132 e. The maximum atomic E-state index is 13.8. The number of halogens is 2. The molecule has 1 aliphatic carbocycles. The molecule has 2 nitrogen and oxygen atoms in total. The van der Waals surface area contributed by atoms with Crippen LogP contribution in [0.1, 0.15) is 50.7 Å². The van der Waals surface area contributed by atoms with E-state index in [0.717, 1.165) is 31.4 Å². The van der Waals surface area contributed by atoms with Gasteiger partial charge in [-0.1, -0.05) is 19.4 Å². The molecular formula is C16H19F2NO. The van der Waals surface area contributed by atoms with Crippen LogP contribution in [0.4, 0.5) is 8.78 Å². The molecule has 0 radical (unpaired) electrons. The molecule has 0 aromatic heterocycles. The van der Waals surface area contributed by atoms with Crippen LogP contribution in [0.5, 0.6) is 0 Å². The lowest BCUT2D eigenvalue weighted by molar-refractivity contribution is 0.0194. The van der Waals surface area contributed by atoms with Gasteiger partial charge in [0.2, 0.25) is 0 Å². The number of benzene rings is 1. The van der Waals surface area contributed by atoms with Gasteiger partial charge < -0.3 is 5.11 Å². The van der Waals surface area contributed by atoms with Gasteiger partial charge in [0.15, 0.2) is 0 Å². The molecule has 0 bridgehead atoms. The Kier molecular flexibility index (Phi) is 4.39. The topological polar surface area (TPSA) is 44.0 Å². The zero-order chi connectivity index (χ0) is 14.8. The first-order valence-corrected chi connectivity index (χ1v) is 7.07. The number of aliphatic hydroxyl groups is 1. The molecule has 1 atom stereocenters. The average Bonchev–Trinajstić information content (AvgIpc) is 2.47. The van der Waals surface area contributed by atoms with E-state index in [2.05, 4.69) is 13.0 Å². The van der Waals surface area contributed by atoms with Crippen molar-refractivity contribution in [2.45, 2.75) is 45.1 Å². The van der Waals surface area contributed by atoms with E-state index in [1.807, 2.05) is 0 Å². The van der Waals surface area contributed by atoms with Crippen LogP contribution < -0.4 is 0 Å². The van der Waals surface area contributed by atoms with E-state index in [4.69, 9.17) is 0 Å². The molecule has 1 aromatic rings. The quantitative estimate of drug-likeness (QED) is 0.905. The van der Waals surface area contributed by atoms with Crippen LogP contribution in [0.25, 0.3) is 0 Å². The van der Waals surface area contributed by atoms with Gasteiger partial charge in [0.1, 0.15) is 17.7 Å². The van der Waals surface area contributed by atoms with Crippen molar-refractivity contribution in [2.24, 2.45) is 11.3 Å². The second-order valence-electron chi connectivity index (χ2n) is 5.66. The highest BCUT2D eigenvalue weighted by Gasteiger charge is 2.44. The Morgan fingerprint density at radius 1 is 1.35 bits per heavy atom. The summed E-state index contributed by atoms with van der Waals surface area (Å²) in [5.41, 5.74) is -1.45. The fourth-order valence-corrected chi connectivity index (χ4v) is 3.10. The summed E-state index contributed by atoms with van der Waals surface area (Å²) in [7, 11) is 0. The molecule has 0 spiro atoms. The van der Waals surface area contributed by atoms with E-state index < -0.39 is 23.2 Å². The second kappa shape index (κ2) is 5.88. The summed E-state index contributed by atoms with van der Waals surface area (Å²) in [6.45, 7) is 2.09. The minimum Gasteiger partial charge on any atom is -0.387 e. The van der Waals surface area contributed by atoms with Crippen molar-refractivity contribution < 1.29 is 13.9 Å². The molecule has 1 aliphatic rings. The fraction of sp³-hybridized carbons (Fsp3) is 0.562. The molecule has 2 rings (SSSR count). The fourth-order valence-electron chi connectivity index (χ4n) is 3.10. The summed E-state index contributed by atoms with van der Waals surface area (Å²) < 4.78 is 27.6. The summed E-state index contributed by atoms with van der Waals surface area (Å²) in [4.78, 5) is 0. The van der Waals surface area contributed by atoms with E-state index in [-0.39, 0.29) is 5.56 Å². The van der Waals surface area contributed by atoms with Crippen molar-refractivity contribution in [3.8, 4) is 6.07 Å². The maximum absolute atomic E-state index is 13.8. The number of hydrogen-bond donors (Lipinski definition) is 1. The Hall–Kier alpha value is -1.47. The lowest BCUT2D eigenvalue weighted by Gasteiger charge is -2.38. The lowest BCUT2D eigenvalue weighted by Crippen LogP contribution is -2.33. The number of aliphatic hydroxyl groups excluding tert-OH is 1. The van der Waals surface area contributed by atoms with Gasteiger partial charge in [0.05, 0.1) is 17.0 Å². The number of nitrogens with zero attached hydrogens (tertiary/aromatic N) is 1. The molecule has 0 amide bonds. The number of rotatable bonds is 3. The van der Waals surface area contributed by atoms with Gasteiger partial charge in [-0.15, -0.1) is 0 Å². The van der Waals surface area contributed by atoms with Crippen molar-refractivity contribution in [1.29, 1.82) is 5.26 Å². The zero-order valence-electron chi connectivity index (χ0n) is 11.6. The van der Waals surface area contributed by atoms with Crippen LogP contribution in [0, 0.1) is 34.3 Å². The van der Waals surface area contributed by atoms with Gasteiger partial charge in [-0.3, -0.25) is 0 Å². The lowest BCUT2D eigenvalue weighted by atomic mass is 9.66. The van der Waals surface area contributed by atoms with Gasteiger partial charge in [-0.05, 0) is 43.7 Å². The summed E-state index contributed by atoms with van der Waals surface area (Å²) >= 11 is 0. The summed E-state index contributed by atoms with van der Waals surface area (Å²) in [5, 5.41) is 19.9. The van der Waals surface area contributed by atoms with Crippen molar-refractivity contribution in [3.63, 3.8) is 0 Å². The number of hydrogen-bond acceptors (Lipinski definition) is 2. The van der Waals surface area contributed by atoms with E-state index in [1.54, 1.807) is 0 Å². The minimum atomic E-state index is -1.41. The van der Waals surface area contributed by atoms with Gasteiger partial charge in [-0.25, -0.2) is 8.78 Å². The zero-order valence-corrected chi connectivity index (χ0v) is 11.6. The van der Waals surface area contributed by atoms with Gasteiger partial charge >= 0.3 is 0 Å². The van der Waals surface area contributed by atoms with Gasteiger partial charge in [0.25, 0.3) is 0 Å². The Morgan fingerprint density at radius 3 is 2.35 bits per heavy atom. The van der Waals surface area contributed by atoms with Crippen LogP contribution in [0.3, 0.4) is 0 Å². The largest absolute Gasteiger partial charge is 0.387 e. The molecule has 0 aliphatic heterocycles. The summed E-state index contributed by atoms with van der Waals surface area (Å²) in [6, 6.07) is 5.62. The smallest absolute Gasteiger partial charge is 0.132 e. The molecule has 108 valence electrons. The molecule has 4 heteroatoms. The van der Waals surface area contributed by atoms with E-state index >= 15 is 0 Å². The van der Waals surface area contributed by atoms with E-state index in [0.29, 0.717) is 18.8 Å². The molecule has 1 unspecified atom stereocenters. The van der Waals surface area contributed by atoms with Crippen LogP contribution >= 0.6 is 0 Å². The Bertz CT molecular complexity index is 495. The third-order valence-electron chi connectivity index (χ3n) is 4.59. The molecule has 1 N–H and O–H groups in total. The standard InChI is InChI=1S/C16H19F2NO/c1-2-11-6-8-16(10-19,9-7-11)15(20)14-12(17)4-3-5-13(14)18/h3-5,11,15,20H,2,6-9H2,1H3. The first kappa shape index (κ1) is 14.9.